The molecule has 0 aliphatic carbocycles. The summed E-state index contributed by atoms with van der Waals surface area (Å²) in [5.74, 6) is 0.825. The van der Waals surface area contributed by atoms with Gasteiger partial charge in [-0.15, -0.1) is 0 Å². The molecule has 19 heavy (non-hydrogen) atoms. The molecule has 0 fully saturated rings. The Kier molecular flexibility index (Phi) is 3.22. The molecule has 3 aromatic rings. The molecule has 2 nitrogen and oxygen atoms in total. The van der Waals surface area contributed by atoms with E-state index in [1.807, 2.05) is 42.5 Å². The number of halogens is 1. The molecule has 0 amide bonds. The van der Waals surface area contributed by atoms with Gasteiger partial charge in [-0.05, 0) is 55.5 Å². The standard InChI is InChI=1S/C15H13ClNOP/c1-10-8-11-9-12(16)2-7-15(11)17(10)13-3-5-14(18-19)6-4-13/h2-9H,19H2,1H3. The van der Waals surface area contributed by atoms with Crippen LogP contribution in [0.4, 0.5) is 0 Å². The van der Waals surface area contributed by atoms with Gasteiger partial charge in [0.05, 0.1) is 15.0 Å². The molecule has 2 aromatic carbocycles. The minimum atomic E-state index is 0.761. The van der Waals surface area contributed by atoms with Gasteiger partial charge in [0.15, 0.2) is 0 Å². The summed E-state index contributed by atoms with van der Waals surface area (Å²) in [5, 5.41) is 1.91. The van der Waals surface area contributed by atoms with E-state index in [9.17, 15) is 0 Å². The third kappa shape index (κ3) is 2.22. The molecule has 4 heteroatoms. The van der Waals surface area contributed by atoms with E-state index < -0.39 is 0 Å². The third-order valence-corrected chi connectivity index (χ3v) is 3.69. The van der Waals surface area contributed by atoms with Crippen LogP contribution in [0.25, 0.3) is 16.6 Å². The number of aryl methyl sites for hydroxylation is 1. The average Bonchev–Trinajstić information content (AvgIpc) is 2.74. The summed E-state index contributed by atoms with van der Waals surface area (Å²) in [4.78, 5) is 0. The Morgan fingerprint density at radius 2 is 1.79 bits per heavy atom. The second kappa shape index (κ2) is 4.88. The summed E-state index contributed by atoms with van der Waals surface area (Å²) in [7, 11) is 2.25. The summed E-state index contributed by atoms with van der Waals surface area (Å²) < 4.78 is 7.32. The largest absolute Gasteiger partial charge is 0.480 e. The van der Waals surface area contributed by atoms with Gasteiger partial charge in [0.25, 0.3) is 0 Å². The van der Waals surface area contributed by atoms with E-state index >= 15 is 0 Å². The summed E-state index contributed by atoms with van der Waals surface area (Å²) >= 11 is 6.04. The molecule has 0 radical (unpaired) electrons. The zero-order valence-electron chi connectivity index (χ0n) is 10.4. The summed E-state index contributed by atoms with van der Waals surface area (Å²) in [6.07, 6.45) is 0. The van der Waals surface area contributed by atoms with Crippen LogP contribution in [0.5, 0.6) is 5.75 Å². The first kappa shape index (κ1) is 12.5. The Morgan fingerprint density at radius 1 is 1.05 bits per heavy atom. The molecule has 0 saturated carbocycles. The average molecular weight is 290 g/mol. The van der Waals surface area contributed by atoms with Crippen molar-refractivity contribution in [3.05, 3.63) is 59.2 Å². The minimum Gasteiger partial charge on any atom is -0.480 e. The van der Waals surface area contributed by atoms with Gasteiger partial charge in [-0.1, -0.05) is 11.6 Å². The van der Waals surface area contributed by atoms with Crippen LogP contribution in [0.1, 0.15) is 5.69 Å². The van der Waals surface area contributed by atoms with Gasteiger partial charge < -0.3 is 9.09 Å². The van der Waals surface area contributed by atoms with Crippen LogP contribution in [0.2, 0.25) is 5.02 Å². The molecule has 1 aromatic heterocycles. The Hall–Kier alpha value is -1.50. The first-order chi connectivity index (χ1) is 9.19. The Morgan fingerprint density at radius 3 is 2.47 bits per heavy atom. The first-order valence-electron chi connectivity index (χ1n) is 5.94. The maximum absolute atomic E-state index is 6.04. The molecule has 0 N–H and O–H groups in total. The molecule has 1 atom stereocenters. The predicted octanol–water partition coefficient (Wildman–Crippen LogP) is 4.76. The van der Waals surface area contributed by atoms with Crippen molar-refractivity contribution in [2.75, 3.05) is 0 Å². The van der Waals surface area contributed by atoms with Gasteiger partial charge in [0.1, 0.15) is 5.75 Å². The van der Waals surface area contributed by atoms with E-state index in [4.69, 9.17) is 16.1 Å². The molecule has 0 bridgehead atoms. The van der Waals surface area contributed by atoms with Crippen LogP contribution in [-0.4, -0.2) is 4.57 Å². The summed E-state index contributed by atoms with van der Waals surface area (Å²) in [6.45, 7) is 2.09. The van der Waals surface area contributed by atoms with Gasteiger partial charge in [-0.2, -0.15) is 0 Å². The zero-order valence-corrected chi connectivity index (χ0v) is 12.3. The minimum absolute atomic E-state index is 0.761. The lowest BCUT2D eigenvalue weighted by Gasteiger charge is -2.09. The molecule has 0 saturated heterocycles. The molecule has 0 aliphatic heterocycles. The van der Waals surface area contributed by atoms with Gasteiger partial charge in [-0.25, -0.2) is 0 Å². The quantitative estimate of drug-likeness (QED) is 0.620. The fourth-order valence-corrected chi connectivity index (χ4v) is 2.68. The number of fused-ring (bicyclic) bond motifs is 1. The van der Waals surface area contributed by atoms with Crippen molar-refractivity contribution in [2.45, 2.75) is 6.92 Å². The van der Waals surface area contributed by atoms with Crippen LogP contribution in [-0.2, 0) is 0 Å². The van der Waals surface area contributed by atoms with E-state index in [1.54, 1.807) is 0 Å². The molecule has 0 aliphatic rings. The predicted molar refractivity (Wildman–Crippen MR) is 83.4 cm³/mol. The lowest BCUT2D eigenvalue weighted by atomic mass is 10.2. The molecule has 3 rings (SSSR count). The highest BCUT2D eigenvalue weighted by Gasteiger charge is 2.08. The maximum Gasteiger partial charge on any atom is 0.122 e. The second-order valence-corrected chi connectivity index (χ2v) is 5.11. The summed E-state index contributed by atoms with van der Waals surface area (Å²) in [5.41, 5.74) is 3.44. The molecular weight excluding hydrogens is 277 g/mol. The smallest absolute Gasteiger partial charge is 0.122 e. The Labute approximate surface area is 119 Å². The van der Waals surface area contributed by atoms with Crippen molar-refractivity contribution in [3.8, 4) is 11.4 Å². The van der Waals surface area contributed by atoms with Crippen molar-refractivity contribution < 1.29 is 4.52 Å². The monoisotopic (exact) mass is 289 g/mol. The van der Waals surface area contributed by atoms with Crippen LogP contribution >= 0.6 is 21.1 Å². The molecule has 1 unspecified atom stereocenters. The highest BCUT2D eigenvalue weighted by molar-refractivity contribution is 7.10. The van der Waals surface area contributed by atoms with E-state index in [-0.39, 0.29) is 0 Å². The molecule has 96 valence electrons. The highest BCUT2D eigenvalue weighted by atomic mass is 35.5. The molecule has 1 heterocycles. The molecule has 0 spiro atoms. The second-order valence-electron chi connectivity index (χ2n) is 4.44. The van der Waals surface area contributed by atoms with Crippen molar-refractivity contribution in [1.29, 1.82) is 0 Å². The van der Waals surface area contributed by atoms with E-state index in [2.05, 4.69) is 27.0 Å². The zero-order chi connectivity index (χ0) is 13.4. The topological polar surface area (TPSA) is 14.2 Å². The molecular formula is C15H13ClNOP. The number of benzene rings is 2. The van der Waals surface area contributed by atoms with Crippen molar-refractivity contribution in [1.82, 2.24) is 4.57 Å². The first-order valence-corrected chi connectivity index (χ1v) is 6.79. The Bertz CT molecular complexity index is 734. The van der Waals surface area contributed by atoms with E-state index in [0.29, 0.717) is 0 Å². The van der Waals surface area contributed by atoms with Gasteiger partial charge >= 0.3 is 0 Å². The number of nitrogens with zero attached hydrogens (tertiary/aromatic N) is 1. The summed E-state index contributed by atoms with van der Waals surface area (Å²) in [6, 6.07) is 16.1. The SMILES string of the molecule is Cc1cc2cc(Cl)ccc2n1-c1ccc(OP)cc1. The van der Waals surface area contributed by atoms with Gasteiger partial charge in [0, 0.05) is 21.8 Å². The van der Waals surface area contributed by atoms with Gasteiger partial charge in [-0.3, -0.25) is 0 Å². The normalized spacial score (nSPS) is 10.9. The number of rotatable bonds is 2. The maximum atomic E-state index is 6.04. The third-order valence-electron chi connectivity index (χ3n) is 3.18. The van der Waals surface area contributed by atoms with Crippen molar-refractivity contribution >= 4 is 32.0 Å². The van der Waals surface area contributed by atoms with Crippen LogP contribution < -0.4 is 4.52 Å². The lowest BCUT2D eigenvalue weighted by molar-refractivity contribution is 0.646. The number of aromatic nitrogens is 1. The fourth-order valence-electron chi connectivity index (χ4n) is 2.34. The Balaban J connectivity index is 2.20. The van der Waals surface area contributed by atoms with Crippen LogP contribution in [0, 0.1) is 6.92 Å². The lowest BCUT2D eigenvalue weighted by Crippen LogP contribution is -1.95. The van der Waals surface area contributed by atoms with Crippen LogP contribution in [0.15, 0.2) is 48.5 Å². The highest BCUT2D eigenvalue weighted by Crippen LogP contribution is 2.27. The van der Waals surface area contributed by atoms with Gasteiger partial charge in [0.2, 0.25) is 0 Å². The number of hydrogen-bond donors (Lipinski definition) is 0. The van der Waals surface area contributed by atoms with Crippen molar-refractivity contribution in [3.63, 3.8) is 0 Å². The van der Waals surface area contributed by atoms with E-state index in [1.165, 1.54) is 5.69 Å². The number of hydrogen-bond acceptors (Lipinski definition) is 1. The fraction of sp³-hybridized carbons (Fsp3) is 0.0667. The van der Waals surface area contributed by atoms with E-state index in [0.717, 1.165) is 27.4 Å². The van der Waals surface area contributed by atoms with Crippen molar-refractivity contribution in [2.24, 2.45) is 0 Å². The van der Waals surface area contributed by atoms with Crippen LogP contribution in [0.3, 0.4) is 0 Å².